The van der Waals surface area contributed by atoms with Gasteiger partial charge in [-0.05, 0) is 25.3 Å². The van der Waals surface area contributed by atoms with Crippen molar-refractivity contribution in [3.05, 3.63) is 52.6 Å². The summed E-state index contributed by atoms with van der Waals surface area (Å²) in [6, 6.07) is 6.36. The molecule has 0 spiro atoms. The molecule has 1 aliphatic rings. The molecule has 0 bridgehead atoms. The molecule has 1 aliphatic carbocycles. The minimum Gasteiger partial charge on any atom is -0.477 e. The molecular formula is C14H13FN2O2. The highest BCUT2D eigenvalue weighted by Gasteiger charge is 2.26. The average Bonchev–Trinajstić information content (AvgIpc) is 2.91. The predicted molar refractivity (Wildman–Crippen MR) is 66.7 cm³/mol. The summed E-state index contributed by atoms with van der Waals surface area (Å²) in [4.78, 5) is 11.4. The number of halogens is 1. The third-order valence-corrected chi connectivity index (χ3v) is 3.45. The number of aromatic nitrogens is 2. The highest BCUT2D eigenvalue weighted by molar-refractivity contribution is 5.88. The molecule has 1 N–H and O–H groups in total. The van der Waals surface area contributed by atoms with Gasteiger partial charge in [-0.15, -0.1) is 0 Å². The standard InChI is InChI=1S/C14H13FN2O2/c15-11-6-2-1-4-9(11)8-17-13(14(18)19)10-5-3-7-12(10)16-17/h1-2,4,6H,3,5,7-8H2,(H,18,19). The highest BCUT2D eigenvalue weighted by atomic mass is 19.1. The van der Waals surface area contributed by atoms with Crippen molar-refractivity contribution in [2.24, 2.45) is 0 Å². The molecule has 5 heteroatoms. The summed E-state index contributed by atoms with van der Waals surface area (Å²) in [6.45, 7) is 0.154. The molecule has 1 aromatic carbocycles. The molecule has 0 amide bonds. The maximum absolute atomic E-state index is 13.6. The normalized spacial score (nSPS) is 13.5. The van der Waals surface area contributed by atoms with Gasteiger partial charge in [-0.25, -0.2) is 9.18 Å². The topological polar surface area (TPSA) is 55.1 Å². The van der Waals surface area contributed by atoms with Crippen LogP contribution in [-0.4, -0.2) is 20.9 Å². The maximum Gasteiger partial charge on any atom is 0.354 e. The van der Waals surface area contributed by atoms with Gasteiger partial charge in [0.1, 0.15) is 11.5 Å². The zero-order valence-electron chi connectivity index (χ0n) is 10.3. The summed E-state index contributed by atoms with van der Waals surface area (Å²) in [6.07, 6.45) is 2.49. The van der Waals surface area contributed by atoms with Gasteiger partial charge in [0.15, 0.2) is 0 Å². The van der Waals surface area contributed by atoms with Gasteiger partial charge in [0.2, 0.25) is 0 Å². The number of carbonyl (C=O) groups is 1. The lowest BCUT2D eigenvalue weighted by atomic mass is 10.2. The van der Waals surface area contributed by atoms with E-state index in [1.807, 2.05) is 0 Å². The van der Waals surface area contributed by atoms with Gasteiger partial charge in [-0.2, -0.15) is 5.10 Å². The summed E-state index contributed by atoms with van der Waals surface area (Å²) in [7, 11) is 0. The molecule has 0 saturated heterocycles. The Kier molecular flexibility index (Phi) is 2.81. The minimum atomic E-state index is -0.994. The Labute approximate surface area is 109 Å². The van der Waals surface area contributed by atoms with Crippen LogP contribution in [0.1, 0.15) is 33.7 Å². The van der Waals surface area contributed by atoms with E-state index in [9.17, 15) is 14.3 Å². The first kappa shape index (κ1) is 11.9. The Bertz CT molecular complexity index is 649. The van der Waals surface area contributed by atoms with E-state index < -0.39 is 5.97 Å². The van der Waals surface area contributed by atoms with Gasteiger partial charge in [0.25, 0.3) is 0 Å². The van der Waals surface area contributed by atoms with Crippen LogP contribution in [0.5, 0.6) is 0 Å². The third-order valence-electron chi connectivity index (χ3n) is 3.45. The van der Waals surface area contributed by atoms with Gasteiger partial charge in [-0.1, -0.05) is 18.2 Å². The number of nitrogens with zero attached hydrogens (tertiary/aromatic N) is 2. The van der Waals surface area contributed by atoms with E-state index in [2.05, 4.69) is 5.10 Å². The second-order valence-corrected chi connectivity index (χ2v) is 4.68. The molecule has 4 nitrogen and oxygen atoms in total. The molecule has 0 fully saturated rings. The predicted octanol–water partition coefficient (Wildman–Crippen LogP) is 2.26. The van der Waals surface area contributed by atoms with Gasteiger partial charge in [-0.3, -0.25) is 4.68 Å². The minimum absolute atomic E-state index is 0.154. The van der Waals surface area contributed by atoms with Crippen molar-refractivity contribution < 1.29 is 14.3 Å². The molecule has 19 heavy (non-hydrogen) atoms. The Morgan fingerprint density at radius 1 is 1.37 bits per heavy atom. The lowest BCUT2D eigenvalue weighted by Gasteiger charge is -2.07. The largest absolute Gasteiger partial charge is 0.477 e. The fourth-order valence-electron chi connectivity index (χ4n) is 2.59. The summed E-state index contributed by atoms with van der Waals surface area (Å²) < 4.78 is 15.0. The van der Waals surface area contributed by atoms with Crippen LogP contribution >= 0.6 is 0 Å². The molecule has 1 heterocycles. The zero-order chi connectivity index (χ0) is 13.4. The molecule has 1 aromatic heterocycles. The van der Waals surface area contributed by atoms with E-state index in [0.29, 0.717) is 5.56 Å². The maximum atomic E-state index is 13.6. The van der Waals surface area contributed by atoms with E-state index in [4.69, 9.17) is 0 Å². The SMILES string of the molecule is O=C(O)c1c2c(nn1Cc1ccccc1F)CCC2. The summed E-state index contributed by atoms with van der Waals surface area (Å²) in [5.74, 6) is -1.33. The molecule has 0 unspecified atom stereocenters. The Hall–Kier alpha value is -2.17. The van der Waals surface area contributed by atoms with Crippen LogP contribution in [0.3, 0.4) is 0 Å². The lowest BCUT2D eigenvalue weighted by molar-refractivity contribution is 0.0682. The van der Waals surface area contributed by atoms with Gasteiger partial charge in [0.05, 0.1) is 12.2 Å². The van der Waals surface area contributed by atoms with Crippen LogP contribution in [0.4, 0.5) is 4.39 Å². The van der Waals surface area contributed by atoms with Crippen molar-refractivity contribution in [1.82, 2.24) is 9.78 Å². The lowest BCUT2D eigenvalue weighted by Crippen LogP contribution is -2.13. The van der Waals surface area contributed by atoms with Gasteiger partial charge in [0, 0.05) is 11.1 Å². The number of carboxylic acid groups (broad SMARTS) is 1. The molecular weight excluding hydrogens is 247 g/mol. The van der Waals surface area contributed by atoms with E-state index >= 15 is 0 Å². The Balaban J connectivity index is 2.02. The number of aryl methyl sites for hydroxylation is 1. The summed E-state index contributed by atoms with van der Waals surface area (Å²) >= 11 is 0. The Morgan fingerprint density at radius 2 is 2.16 bits per heavy atom. The van der Waals surface area contributed by atoms with Crippen LogP contribution in [0.15, 0.2) is 24.3 Å². The second kappa shape index (κ2) is 4.50. The fraction of sp³-hybridized carbons (Fsp3) is 0.286. The number of rotatable bonds is 3. The van der Waals surface area contributed by atoms with Crippen molar-refractivity contribution in [1.29, 1.82) is 0 Å². The van der Waals surface area contributed by atoms with Crippen molar-refractivity contribution >= 4 is 5.97 Å². The molecule has 0 aliphatic heterocycles. The van der Waals surface area contributed by atoms with Crippen molar-refractivity contribution in [2.75, 3.05) is 0 Å². The van der Waals surface area contributed by atoms with Crippen LogP contribution in [0.2, 0.25) is 0 Å². The van der Waals surface area contributed by atoms with Crippen LogP contribution in [0.25, 0.3) is 0 Å². The number of aromatic carboxylic acids is 1. The second-order valence-electron chi connectivity index (χ2n) is 4.68. The third kappa shape index (κ3) is 2.01. The van der Waals surface area contributed by atoms with E-state index in [-0.39, 0.29) is 18.1 Å². The van der Waals surface area contributed by atoms with E-state index in [1.165, 1.54) is 10.7 Å². The number of hydrogen-bond acceptors (Lipinski definition) is 2. The van der Waals surface area contributed by atoms with E-state index in [0.717, 1.165) is 30.5 Å². The van der Waals surface area contributed by atoms with Crippen LogP contribution in [0, 0.1) is 5.82 Å². The fourth-order valence-corrected chi connectivity index (χ4v) is 2.59. The van der Waals surface area contributed by atoms with Crippen LogP contribution < -0.4 is 0 Å². The van der Waals surface area contributed by atoms with E-state index in [1.54, 1.807) is 18.2 Å². The molecule has 0 saturated carbocycles. The number of fused-ring (bicyclic) bond motifs is 1. The highest BCUT2D eigenvalue weighted by Crippen LogP contribution is 2.25. The zero-order valence-corrected chi connectivity index (χ0v) is 10.3. The number of benzene rings is 1. The van der Waals surface area contributed by atoms with Gasteiger partial charge < -0.3 is 5.11 Å². The van der Waals surface area contributed by atoms with Crippen molar-refractivity contribution in [2.45, 2.75) is 25.8 Å². The first-order valence-electron chi connectivity index (χ1n) is 6.22. The molecule has 0 atom stereocenters. The number of hydrogen-bond donors (Lipinski definition) is 1. The smallest absolute Gasteiger partial charge is 0.354 e. The number of carboxylic acids is 1. The molecule has 3 rings (SSSR count). The van der Waals surface area contributed by atoms with Crippen molar-refractivity contribution in [3.63, 3.8) is 0 Å². The van der Waals surface area contributed by atoms with Crippen molar-refractivity contribution in [3.8, 4) is 0 Å². The first-order chi connectivity index (χ1) is 9.16. The van der Waals surface area contributed by atoms with Crippen LogP contribution in [-0.2, 0) is 19.4 Å². The summed E-state index contributed by atoms with van der Waals surface area (Å²) in [5.41, 5.74) is 2.31. The molecule has 0 radical (unpaired) electrons. The van der Waals surface area contributed by atoms with Gasteiger partial charge >= 0.3 is 5.97 Å². The first-order valence-corrected chi connectivity index (χ1v) is 6.22. The monoisotopic (exact) mass is 260 g/mol. The Morgan fingerprint density at radius 3 is 2.89 bits per heavy atom. The quantitative estimate of drug-likeness (QED) is 0.921. The average molecular weight is 260 g/mol. The molecule has 98 valence electrons. The summed E-state index contributed by atoms with van der Waals surface area (Å²) in [5, 5.41) is 13.6. The molecule has 2 aromatic rings.